The molecule has 138 valence electrons. The van der Waals surface area contributed by atoms with Crippen LogP contribution in [-0.2, 0) is 0 Å². The maximum atomic E-state index is 10.1. The molecular formula is C26H22O2. The van der Waals surface area contributed by atoms with E-state index in [1.165, 1.54) is 0 Å². The van der Waals surface area contributed by atoms with Gasteiger partial charge in [0.05, 0.1) is 0 Å². The Hall–Kier alpha value is -3.52. The number of rotatable bonds is 5. The molecule has 0 aromatic heterocycles. The lowest BCUT2D eigenvalue weighted by molar-refractivity contribution is 0.471. The molecule has 28 heavy (non-hydrogen) atoms. The minimum absolute atomic E-state index is 0.0162. The minimum Gasteiger partial charge on any atom is -0.508 e. The molecule has 4 aromatic rings. The third kappa shape index (κ3) is 3.77. The van der Waals surface area contributed by atoms with E-state index in [0.29, 0.717) is 0 Å². The van der Waals surface area contributed by atoms with Gasteiger partial charge >= 0.3 is 0 Å². The van der Waals surface area contributed by atoms with Gasteiger partial charge in [0.25, 0.3) is 0 Å². The summed E-state index contributed by atoms with van der Waals surface area (Å²) in [5, 5.41) is 20.3. The second kappa shape index (κ2) is 8.01. The molecule has 0 saturated heterocycles. The molecule has 4 aromatic carbocycles. The van der Waals surface area contributed by atoms with Crippen molar-refractivity contribution >= 4 is 0 Å². The number of hydrogen-bond donors (Lipinski definition) is 2. The van der Waals surface area contributed by atoms with Crippen molar-refractivity contribution in [1.82, 2.24) is 0 Å². The van der Waals surface area contributed by atoms with Crippen LogP contribution in [0.1, 0.15) is 34.1 Å². The topological polar surface area (TPSA) is 40.5 Å². The average Bonchev–Trinajstić information content (AvgIpc) is 2.73. The molecule has 0 aliphatic carbocycles. The quantitative estimate of drug-likeness (QED) is 0.450. The number of hydrogen-bond acceptors (Lipinski definition) is 2. The monoisotopic (exact) mass is 366 g/mol. The Bertz CT molecular complexity index is 955. The molecule has 0 saturated carbocycles. The number of phenolic OH excluding ortho intramolecular Hbond substituents is 2. The maximum Gasteiger partial charge on any atom is 0.115 e. The van der Waals surface area contributed by atoms with Crippen LogP contribution >= 0.6 is 0 Å². The van der Waals surface area contributed by atoms with Gasteiger partial charge in [-0.05, 0) is 46.5 Å². The van der Waals surface area contributed by atoms with Crippen LogP contribution < -0.4 is 0 Å². The lowest BCUT2D eigenvalue weighted by Gasteiger charge is -2.29. The highest BCUT2D eigenvalue weighted by Crippen LogP contribution is 2.43. The third-order valence-corrected chi connectivity index (χ3v) is 5.11. The first-order valence-electron chi connectivity index (χ1n) is 9.40. The summed E-state index contributed by atoms with van der Waals surface area (Å²) in [6.07, 6.45) is 0. The summed E-state index contributed by atoms with van der Waals surface area (Å²) in [6.45, 7) is 0. The first-order valence-corrected chi connectivity index (χ1v) is 9.40. The molecule has 0 radical (unpaired) electrons. The van der Waals surface area contributed by atoms with Crippen molar-refractivity contribution in [3.05, 3.63) is 131 Å². The molecule has 0 aliphatic heterocycles. The van der Waals surface area contributed by atoms with E-state index in [-0.39, 0.29) is 23.3 Å². The zero-order valence-corrected chi connectivity index (χ0v) is 15.4. The Morgan fingerprint density at radius 3 is 1.11 bits per heavy atom. The van der Waals surface area contributed by atoms with Gasteiger partial charge < -0.3 is 10.2 Å². The minimum atomic E-state index is -0.0162. The predicted octanol–water partition coefficient (Wildman–Crippen LogP) is 6.06. The van der Waals surface area contributed by atoms with Crippen molar-refractivity contribution in [1.29, 1.82) is 0 Å². The van der Waals surface area contributed by atoms with Crippen LogP contribution in [0.3, 0.4) is 0 Å². The van der Waals surface area contributed by atoms with E-state index < -0.39 is 0 Å². The number of benzene rings is 4. The Morgan fingerprint density at radius 1 is 0.393 bits per heavy atom. The van der Waals surface area contributed by atoms with Crippen LogP contribution in [0.15, 0.2) is 109 Å². The van der Waals surface area contributed by atoms with Crippen molar-refractivity contribution in [2.75, 3.05) is 0 Å². The normalized spacial score (nSPS) is 13.0. The fourth-order valence-electron chi connectivity index (χ4n) is 3.91. The standard InChI is InChI=1S/C26H22O2/c27-23-15-7-13-21(17-23)25(19-9-3-1-4-10-19)26(20-11-5-2-6-12-20)22-14-8-16-24(28)18-22/h1-18,25-28H. The van der Waals surface area contributed by atoms with Gasteiger partial charge in [0.1, 0.15) is 11.5 Å². The van der Waals surface area contributed by atoms with Gasteiger partial charge in [0, 0.05) is 11.8 Å². The Labute approximate surface area is 165 Å². The molecule has 0 aliphatic rings. The summed E-state index contributed by atoms with van der Waals surface area (Å²) < 4.78 is 0. The van der Waals surface area contributed by atoms with E-state index in [4.69, 9.17) is 0 Å². The van der Waals surface area contributed by atoms with Crippen LogP contribution in [0.5, 0.6) is 11.5 Å². The Morgan fingerprint density at radius 2 is 0.750 bits per heavy atom. The van der Waals surface area contributed by atoms with Crippen molar-refractivity contribution < 1.29 is 10.2 Å². The summed E-state index contributed by atoms with van der Waals surface area (Å²) in [6, 6.07) is 35.5. The van der Waals surface area contributed by atoms with Crippen molar-refractivity contribution in [3.8, 4) is 11.5 Å². The molecule has 2 unspecified atom stereocenters. The zero-order chi connectivity index (χ0) is 19.3. The highest BCUT2D eigenvalue weighted by atomic mass is 16.3. The fraction of sp³-hybridized carbons (Fsp3) is 0.0769. The van der Waals surface area contributed by atoms with Crippen LogP contribution in [0.25, 0.3) is 0 Å². The van der Waals surface area contributed by atoms with E-state index in [0.717, 1.165) is 22.3 Å². The van der Waals surface area contributed by atoms with Crippen LogP contribution in [0.2, 0.25) is 0 Å². The molecule has 2 heteroatoms. The van der Waals surface area contributed by atoms with Gasteiger partial charge in [-0.1, -0.05) is 84.9 Å². The summed E-state index contributed by atoms with van der Waals surface area (Å²) in [7, 11) is 0. The first-order chi connectivity index (χ1) is 13.7. The third-order valence-electron chi connectivity index (χ3n) is 5.11. The second-order valence-electron chi connectivity index (χ2n) is 6.97. The van der Waals surface area contributed by atoms with Crippen molar-refractivity contribution in [2.24, 2.45) is 0 Å². The van der Waals surface area contributed by atoms with E-state index >= 15 is 0 Å². The summed E-state index contributed by atoms with van der Waals surface area (Å²) >= 11 is 0. The fourth-order valence-corrected chi connectivity index (χ4v) is 3.91. The van der Waals surface area contributed by atoms with Crippen molar-refractivity contribution in [2.45, 2.75) is 11.8 Å². The van der Waals surface area contributed by atoms with Gasteiger partial charge in [0.2, 0.25) is 0 Å². The molecule has 0 fully saturated rings. The predicted molar refractivity (Wildman–Crippen MR) is 113 cm³/mol. The maximum absolute atomic E-state index is 10.1. The lowest BCUT2D eigenvalue weighted by Crippen LogP contribution is -2.14. The highest BCUT2D eigenvalue weighted by Gasteiger charge is 2.28. The Balaban J connectivity index is 1.96. The molecule has 0 bridgehead atoms. The molecule has 2 atom stereocenters. The van der Waals surface area contributed by atoms with Gasteiger partial charge in [-0.15, -0.1) is 0 Å². The molecule has 2 nitrogen and oxygen atoms in total. The van der Waals surface area contributed by atoms with Gasteiger partial charge in [0.15, 0.2) is 0 Å². The molecule has 0 heterocycles. The van der Waals surface area contributed by atoms with Gasteiger partial charge in [-0.3, -0.25) is 0 Å². The van der Waals surface area contributed by atoms with Gasteiger partial charge in [-0.25, -0.2) is 0 Å². The largest absolute Gasteiger partial charge is 0.508 e. The zero-order valence-electron chi connectivity index (χ0n) is 15.4. The van der Waals surface area contributed by atoms with E-state index in [1.54, 1.807) is 12.1 Å². The Kier molecular flexibility index (Phi) is 5.11. The average molecular weight is 366 g/mol. The molecule has 4 rings (SSSR count). The molecule has 0 amide bonds. The second-order valence-corrected chi connectivity index (χ2v) is 6.97. The molecular weight excluding hydrogens is 344 g/mol. The molecule has 2 N–H and O–H groups in total. The highest BCUT2D eigenvalue weighted by molar-refractivity contribution is 5.47. The van der Waals surface area contributed by atoms with E-state index in [1.807, 2.05) is 60.7 Å². The summed E-state index contributed by atoms with van der Waals surface area (Å²) in [5.41, 5.74) is 4.38. The van der Waals surface area contributed by atoms with Crippen LogP contribution in [0, 0.1) is 0 Å². The number of phenols is 2. The smallest absolute Gasteiger partial charge is 0.115 e. The first kappa shape index (κ1) is 17.9. The number of aromatic hydroxyl groups is 2. The van der Waals surface area contributed by atoms with Gasteiger partial charge in [-0.2, -0.15) is 0 Å². The molecule has 0 spiro atoms. The summed E-state index contributed by atoms with van der Waals surface area (Å²) in [5.74, 6) is 0.470. The van der Waals surface area contributed by atoms with Crippen LogP contribution in [0.4, 0.5) is 0 Å². The van der Waals surface area contributed by atoms with E-state index in [9.17, 15) is 10.2 Å². The SMILES string of the molecule is Oc1cccc(C(c2ccccc2)C(c2ccccc2)c2cccc(O)c2)c1. The van der Waals surface area contributed by atoms with Crippen molar-refractivity contribution in [3.63, 3.8) is 0 Å². The lowest BCUT2D eigenvalue weighted by atomic mass is 9.73. The van der Waals surface area contributed by atoms with Crippen LogP contribution in [-0.4, -0.2) is 10.2 Å². The summed E-state index contributed by atoms with van der Waals surface area (Å²) in [4.78, 5) is 0. The van der Waals surface area contributed by atoms with E-state index in [2.05, 4.69) is 36.4 Å².